The Hall–Kier alpha value is -2.52. The molecule has 33 heavy (non-hydrogen) atoms. The van der Waals surface area contributed by atoms with E-state index in [0.717, 1.165) is 5.56 Å². The Morgan fingerprint density at radius 2 is 1.82 bits per heavy atom. The first kappa shape index (κ1) is 23.6. The maximum absolute atomic E-state index is 13.6. The summed E-state index contributed by atoms with van der Waals surface area (Å²) in [6.45, 7) is 7.56. The van der Waals surface area contributed by atoms with E-state index in [2.05, 4.69) is 27.9 Å². The van der Waals surface area contributed by atoms with Gasteiger partial charge in [-0.05, 0) is 66.7 Å². The van der Waals surface area contributed by atoms with Crippen molar-refractivity contribution in [2.75, 3.05) is 0 Å². The third-order valence-corrected chi connectivity index (χ3v) is 7.31. The monoisotopic (exact) mass is 514 g/mol. The Labute approximate surface area is 201 Å². The number of nitrogens with one attached hydrogen (secondary N) is 1. The van der Waals surface area contributed by atoms with E-state index < -0.39 is 22.8 Å². The first-order valence-corrected chi connectivity index (χ1v) is 11.6. The molecule has 2 aliphatic heterocycles. The van der Waals surface area contributed by atoms with Gasteiger partial charge in [0.15, 0.2) is 11.4 Å². The molecule has 0 aromatic heterocycles. The van der Waals surface area contributed by atoms with Crippen molar-refractivity contribution in [1.82, 2.24) is 10.4 Å². The van der Waals surface area contributed by atoms with Crippen LogP contribution >= 0.6 is 15.9 Å². The highest BCUT2D eigenvalue weighted by Gasteiger charge is 2.71. The molecule has 3 atom stereocenters. The second-order valence-corrected chi connectivity index (χ2v) is 9.57. The predicted molar refractivity (Wildman–Crippen MR) is 125 cm³/mol. The standard InChI is InChI=1S/C25H27BrN2O5/c1-4-14-25(22(30)31-17-18-10-6-5-7-11-18)16-15-23(2)28(24(25,3)33-32-23)27-21(29)19-12-8-9-13-20(19)26/h4-13H,1,14-17H2,2-3H3,(H,27,29). The summed E-state index contributed by atoms with van der Waals surface area (Å²) in [5.41, 5.74) is 0.863. The molecule has 2 heterocycles. The molecule has 2 bridgehead atoms. The number of fused-ring (bicyclic) bond motifs is 2. The molecule has 7 nitrogen and oxygen atoms in total. The van der Waals surface area contributed by atoms with Gasteiger partial charge in [-0.3, -0.25) is 15.0 Å². The summed E-state index contributed by atoms with van der Waals surface area (Å²) in [6, 6.07) is 16.6. The number of hydrazine groups is 1. The highest BCUT2D eigenvalue weighted by Crippen LogP contribution is 2.57. The first-order chi connectivity index (χ1) is 15.8. The molecule has 2 aromatic rings. The molecule has 1 amide bonds. The van der Waals surface area contributed by atoms with Crippen LogP contribution in [0.2, 0.25) is 0 Å². The minimum Gasteiger partial charge on any atom is -0.460 e. The van der Waals surface area contributed by atoms with Crippen molar-refractivity contribution >= 4 is 27.8 Å². The Kier molecular flexibility index (Phi) is 6.46. The molecule has 2 saturated heterocycles. The first-order valence-electron chi connectivity index (χ1n) is 10.8. The third-order valence-electron chi connectivity index (χ3n) is 6.61. The van der Waals surface area contributed by atoms with Gasteiger partial charge < -0.3 is 4.74 Å². The number of allylic oxidation sites excluding steroid dienone is 1. The highest BCUT2D eigenvalue weighted by atomic mass is 79.9. The summed E-state index contributed by atoms with van der Waals surface area (Å²) >= 11 is 3.42. The number of halogens is 1. The van der Waals surface area contributed by atoms with E-state index in [0.29, 0.717) is 22.9 Å². The highest BCUT2D eigenvalue weighted by molar-refractivity contribution is 9.10. The summed E-state index contributed by atoms with van der Waals surface area (Å²) in [5.74, 6) is -0.775. The average Bonchev–Trinajstić information content (AvgIpc) is 3.00. The summed E-state index contributed by atoms with van der Waals surface area (Å²) in [6.07, 6.45) is 2.85. The van der Waals surface area contributed by atoms with Gasteiger partial charge in [0.2, 0.25) is 0 Å². The van der Waals surface area contributed by atoms with Gasteiger partial charge in [0, 0.05) is 4.47 Å². The Morgan fingerprint density at radius 1 is 1.12 bits per heavy atom. The molecule has 1 N–H and O–H groups in total. The Balaban J connectivity index is 1.64. The number of benzene rings is 2. The average molecular weight is 515 g/mol. The van der Waals surface area contributed by atoms with Crippen LogP contribution < -0.4 is 5.43 Å². The van der Waals surface area contributed by atoms with Crippen molar-refractivity contribution in [1.29, 1.82) is 0 Å². The summed E-state index contributed by atoms with van der Waals surface area (Å²) in [5, 5.41) is 1.61. The fourth-order valence-corrected chi connectivity index (χ4v) is 5.09. The minimum atomic E-state index is -1.32. The van der Waals surface area contributed by atoms with Crippen LogP contribution in [0.5, 0.6) is 0 Å². The van der Waals surface area contributed by atoms with Crippen LogP contribution in [0.25, 0.3) is 0 Å². The predicted octanol–water partition coefficient (Wildman–Crippen LogP) is 4.89. The zero-order valence-electron chi connectivity index (χ0n) is 18.7. The lowest BCUT2D eigenvalue weighted by Gasteiger charge is -2.51. The molecule has 0 spiro atoms. The number of hydrogen-bond acceptors (Lipinski definition) is 6. The van der Waals surface area contributed by atoms with Crippen LogP contribution in [0.4, 0.5) is 0 Å². The van der Waals surface area contributed by atoms with Crippen molar-refractivity contribution < 1.29 is 24.1 Å². The van der Waals surface area contributed by atoms with Crippen molar-refractivity contribution in [3.63, 3.8) is 0 Å². The summed E-state index contributed by atoms with van der Waals surface area (Å²) < 4.78 is 6.42. The molecule has 8 heteroatoms. The van der Waals surface area contributed by atoms with Gasteiger partial charge in [-0.25, -0.2) is 9.78 Å². The molecule has 2 aromatic carbocycles. The van der Waals surface area contributed by atoms with Crippen LogP contribution in [-0.4, -0.2) is 28.3 Å². The zero-order valence-corrected chi connectivity index (χ0v) is 20.3. The fraction of sp³-hybridized carbons (Fsp3) is 0.360. The van der Waals surface area contributed by atoms with Gasteiger partial charge in [-0.1, -0.05) is 48.5 Å². The van der Waals surface area contributed by atoms with Gasteiger partial charge in [-0.15, -0.1) is 6.58 Å². The maximum atomic E-state index is 13.6. The molecule has 4 rings (SSSR count). The number of carbonyl (C=O) groups is 2. The molecule has 0 aliphatic carbocycles. The van der Waals surface area contributed by atoms with Gasteiger partial charge >= 0.3 is 5.97 Å². The van der Waals surface area contributed by atoms with Gasteiger partial charge in [0.05, 0.1) is 5.56 Å². The molecule has 174 valence electrons. The number of nitrogens with zero attached hydrogens (tertiary/aromatic N) is 1. The smallest absolute Gasteiger partial charge is 0.317 e. The SMILES string of the molecule is C=CCC1(C(=O)OCc2ccccc2)CCC2(C)OOC1(C)N2NC(=O)c1ccccc1Br. The number of hydrogen-bond donors (Lipinski definition) is 1. The third kappa shape index (κ3) is 4.01. The molecular weight excluding hydrogens is 488 g/mol. The molecule has 0 saturated carbocycles. The molecular formula is C25H27BrN2O5. The van der Waals surface area contributed by atoms with E-state index in [1.807, 2.05) is 43.3 Å². The van der Waals surface area contributed by atoms with Crippen molar-refractivity contribution in [3.8, 4) is 0 Å². The summed E-state index contributed by atoms with van der Waals surface area (Å²) in [4.78, 5) is 38.3. The number of ether oxygens (including phenoxy) is 1. The number of piperidine rings is 1. The van der Waals surface area contributed by atoms with Crippen LogP contribution in [-0.2, 0) is 25.9 Å². The van der Waals surface area contributed by atoms with Crippen molar-refractivity contribution in [2.45, 2.75) is 51.2 Å². The second kappa shape index (κ2) is 9.02. The zero-order chi connectivity index (χ0) is 23.7. The Bertz CT molecular complexity index is 1060. The summed E-state index contributed by atoms with van der Waals surface area (Å²) in [7, 11) is 0. The maximum Gasteiger partial charge on any atom is 0.317 e. The number of esters is 1. The number of carbonyl (C=O) groups excluding carboxylic acids is 2. The molecule has 0 radical (unpaired) electrons. The van der Waals surface area contributed by atoms with Gasteiger partial charge in [-0.2, -0.15) is 5.01 Å². The fourth-order valence-electron chi connectivity index (χ4n) is 4.63. The van der Waals surface area contributed by atoms with E-state index >= 15 is 0 Å². The van der Waals surface area contributed by atoms with E-state index in [1.165, 1.54) is 0 Å². The number of rotatable bonds is 7. The minimum absolute atomic E-state index is 0.135. The van der Waals surface area contributed by atoms with Crippen LogP contribution in [0.1, 0.15) is 49.0 Å². The normalized spacial score (nSPS) is 28.8. The van der Waals surface area contributed by atoms with Crippen LogP contribution in [0, 0.1) is 5.41 Å². The molecule has 2 aliphatic rings. The van der Waals surface area contributed by atoms with Crippen LogP contribution in [0.3, 0.4) is 0 Å². The van der Waals surface area contributed by atoms with E-state index in [4.69, 9.17) is 14.5 Å². The molecule has 2 fully saturated rings. The largest absolute Gasteiger partial charge is 0.460 e. The lowest BCUT2D eigenvalue weighted by Crippen LogP contribution is -2.71. The van der Waals surface area contributed by atoms with E-state index in [-0.39, 0.29) is 18.9 Å². The number of amides is 1. The quantitative estimate of drug-likeness (QED) is 0.322. The van der Waals surface area contributed by atoms with Crippen LogP contribution in [0.15, 0.2) is 71.7 Å². The topological polar surface area (TPSA) is 77.1 Å². The van der Waals surface area contributed by atoms with Crippen molar-refractivity contribution in [3.05, 3.63) is 82.9 Å². The van der Waals surface area contributed by atoms with Gasteiger partial charge in [0.1, 0.15) is 12.0 Å². The lowest BCUT2D eigenvalue weighted by atomic mass is 9.67. The Morgan fingerprint density at radius 3 is 2.52 bits per heavy atom. The van der Waals surface area contributed by atoms with Gasteiger partial charge in [0.25, 0.3) is 5.91 Å². The van der Waals surface area contributed by atoms with E-state index in [9.17, 15) is 9.59 Å². The second-order valence-electron chi connectivity index (χ2n) is 8.72. The van der Waals surface area contributed by atoms with E-state index in [1.54, 1.807) is 36.2 Å². The molecule has 3 unspecified atom stereocenters. The lowest BCUT2D eigenvalue weighted by molar-refractivity contribution is -0.350. The van der Waals surface area contributed by atoms with Crippen molar-refractivity contribution in [2.24, 2.45) is 5.41 Å².